The molecule has 0 unspecified atom stereocenters. The van der Waals surface area contributed by atoms with Crippen LogP contribution in [0.3, 0.4) is 0 Å². The smallest absolute Gasteiger partial charge is 0.355 e. The first-order chi connectivity index (χ1) is 10.1. The Morgan fingerprint density at radius 3 is 2.81 bits per heavy atom. The summed E-state index contributed by atoms with van der Waals surface area (Å²) in [4.78, 5) is 28.6. The van der Waals surface area contributed by atoms with Crippen molar-refractivity contribution in [1.82, 2.24) is 20.5 Å². The molecule has 2 rings (SSSR count). The number of carboxylic acids is 1. The van der Waals surface area contributed by atoms with Crippen molar-refractivity contribution in [3.63, 3.8) is 0 Å². The van der Waals surface area contributed by atoms with Crippen molar-refractivity contribution in [2.75, 3.05) is 19.6 Å². The second-order valence-electron chi connectivity index (χ2n) is 4.90. The third-order valence-electron chi connectivity index (χ3n) is 3.33. The van der Waals surface area contributed by atoms with Gasteiger partial charge in [-0.1, -0.05) is 6.92 Å². The molecule has 1 aliphatic carbocycles. The summed E-state index contributed by atoms with van der Waals surface area (Å²) in [5.74, 6) is -1.05. The summed E-state index contributed by atoms with van der Waals surface area (Å²) >= 11 is 1.22. The third-order valence-corrected chi connectivity index (χ3v) is 4.17. The van der Waals surface area contributed by atoms with Crippen LogP contribution in [0, 0.1) is 0 Å². The molecule has 1 aromatic heterocycles. The Balaban J connectivity index is 1.63. The number of likely N-dealkylation sites (N-methyl/N-ethyl adjacent to an activating group) is 1. The first-order valence-corrected chi connectivity index (χ1v) is 7.91. The van der Waals surface area contributed by atoms with Crippen LogP contribution in [-0.4, -0.2) is 52.7 Å². The van der Waals surface area contributed by atoms with Gasteiger partial charge in [0, 0.05) is 24.5 Å². The highest BCUT2D eigenvalue weighted by molar-refractivity contribution is 7.09. The van der Waals surface area contributed by atoms with Gasteiger partial charge in [0.15, 0.2) is 5.69 Å². The summed E-state index contributed by atoms with van der Waals surface area (Å²) in [5.41, 5.74) is 0.0141. The maximum absolute atomic E-state index is 11.6. The number of hydrogen-bond acceptors (Lipinski definition) is 5. The van der Waals surface area contributed by atoms with E-state index in [9.17, 15) is 9.59 Å². The fourth-order valence-electron chi connectivity index (χ4n) is 2.06. The van der Waals surface area contributed by atoms with Crippen LogP contribution in [0.15, 0.2) is 5.38 Å². The largest absolute Gasteiger partial charge is 0.476 e. The first-order valence-electron chi connectivity index (χ1n) is 7.03. The Morgan fingerprint density at radius 2 is 2.24 bits per heavy atom. The van der Waals surface area contributed by atoms with Gasteiger partial charge in [-0.25, -0.2) is 14.6 Å². The van der Waals surface area contributed by atoms with E-state index >= 15 is 0 Å². The summed E-state index contributed by atoms with van der Waals surface area (Å²) in [6.07, 6.45) is 2.52. The Bertz CT molecular complexity index is 501. The molecule has 8 heteroatoms. The van der Waals surface area contributed by atoms with Gasteiger partial charge in [0.05, 0.1) is 6.54 Å². The Labute approximate surface area is 127 Å². The number of amides is 2. The average Bonchev–Trinajstić information content (AvgIpc) is 3.18. The van der Waals surface area contributed by atoms with Crippen LogP contribution in [-0.2, 0) is 6.54 Å². The van der Waals surface area contributed by atoms with Gasteiger partial charge in [-0.2, -0.15) is 0 Å². The predicted molar refractivity (Wildman–Crippen MR) is 79.6 cm³/mol. The van der Waals surface area contributed by atoms with Crippen LogP contribution in [0.2, 0.25) is 0 Å². The molecule has 21 heavy (non-hydrogen) atoms. The van der Waals surface area contributed by atoms with Gasteiger partial charge >= 0.3 is 12.0 Å². The molecule has 0 saturated heterocycles. The number of urea groups is 1. The van der Waals surface area contributed by atoms with Crippen LogP contribution in [0.5, 0.6) is 0 Å². The van der Waals surface area contributed by atoms with Crippen molar-refractivity contribution in [3.05, 3.63) is 16.1 Å². The standard InChI is InChI=1S/C13H20N4O3S/c1-2-17(9-3-4-9)6-5-14-13(20)15-7-11-16-10(8-21-11)12(18)19/h8-9H,2-7H2,1H3,(H,18,19)(H2,14,15,20). The summed E-state index contributed by atoms with van der Waals surface area (Å²) in [5, 5.41) is 16.3. The number of rotatable bonds is 8. The quantitative estimate of drug-likeness (QED) is 0.669. The lowest BCUT2D eigenvalue weighted by Crippen LogP contribution is -2.40. The molecule has 1 saturated carbocycles. The fourth-order valence-corrected chi connectivity index (χ4v) is 2.77. The van der Waals surface area contributed by atoms with Crippen LogP contribution in [0.1, 0.15) is 35.3 Å². The second kappa shape index (κ2) is 7.37. The van der Waals surface area contributed by atoms with Crippen molar-refractivity contribution < 1.29 is 14.7 Å². The minimum atomic E-state index is -1.05. The van der Waals surface area contributed by atoms with E-state index in [2.05, 4.69) is 27.4 Å². The highest BCUT2D eigenvalue weighted by atomic mass is 32.1. The summed E-state index contributed by atoms with van der Waals surface area (Å²) in [6, 6.07) is 0.443. The molecule has 0 aliphatic heterocycles. The molecule has 7 nitrogen and oxygen atoms in total. The molecule has 0 atom stereocenters. The molecule has 0 spiro atoms. The zero-order valence-electron chi connectivity index (χ0n) is 12.0. The number of carbonyl (C=O) groups excluding carboxylic acids is 1. The lowest BCUT2D eigenvalue weighted by atomic mass is 10.4. The van der Waals surface area contributed by atoms with E-state index in [0.29, 0.717) is 17.6 Å². The van der Waals surface area contributed by atoms with Crippen molar-refractivity contribution in [1.29, 1.82) is 0 Å². The molecule has 0 radical (unpaired) electrons. The highest BCUT2D eigenvalue weighted by Crippen LogP contribution is 2.25. The van der Waals surface area contributed by atoms with Gasteiger partial charge in [0.2, 0.25) is 0 Å². The van der Waals surface area contributed by atoms with Gasteiger partial charge in [0.25, 0.3) is 0 Å². The van der Waals surface area contributed by atoms with Gasteiger partial charge in [-0.05, 0) is 19.4 Å². The van der Waals surface area contributed by atoms with E-state index in [0.717, 1.165) is 13.1 Å². The number of thiazole rings is 1. The summed E-state index contributed by atoms with van der Waals surface area (Å²) in [6.45, 7) is 4.83. The SMILES string of the molecule is CCN(CCNC(=O)NCc1nc(C(=O)O)cs1)C1CC1. The molecule has 1 aromatic rings. The van der Waals surface area contributed by atoms with Crippen LogP contribution in [0.4, 0.5) is 4.79 Å². The van der Waals surface area contributed by atoms with Gasteiger partial charge in [0.1, 0.15) is 5.01 Å². The molecule has 0 bridgehead atoms. The minimum absolute atomic E-state index is 0.0141. The van der Waals surface area contributed by atoms with E-state index < -0.39 is 5.97 Å². The molecule has 2 amide bonds. The molecule has 1 aliphatic rings. The van der Waals surface area contributed by atoms with Crippen LogP contribution < -0.4 is 10.6 Å². The number of hydrogen-bond donors (Lipinski definition) is 3. The number of carbonyl (C=O) groups is 2. The van der Waals surface area contributed by atoms with E-state index in [1.165, 1.54) is 29.6 Å². The van der Waals surface area contributed by atoms with Gasteiger partial charge < -0.3 is 15.7 Å². The Hall–Kier alpha value is -1.67. The predicted octanol–water partition coefficient (Wildman–Crippen LogP) is 1.12. The molecule has 1 heterocycles. The number of nitrogens with zero attached hydrogens (tertiary/aromatic N) is 2. The maximum atomic E-state index is 11.6. The lowest BCUT2D eigenvalue weighted by Gasteiger charge is -2.19. The van der Waals surface area contributed by atoms with Crippen molar-refractivity contribution in [2.45, 2.75) is 32.4 Å². The molecular weight excluding hydrogens is 292 g/mol. The van der Waals surface area contributed by atoms with E-state index in [-0.39, 0.29) is 18.3 Å². The zero-order chi connectivity index (χ0) is 15.2. The van der Waals surface area contributed by atoms with Gasteiger partial charge in [-0.3, -0.25) is 4.90 Å². The van der Waals surface area contributed by atoms with Crippen molar-refractivity contribution in [2.24, 2.45) is 0 Å². The van der Waals surface area contributed by atoms with Gasteiger partial charge in [-0.15, -0.1) is 11.3 Å². The fraction of sp³-hybridized carbons (Fsp3) is 0.615. The molecule has 3 N–H and O–H groups in total. The summed E-state index contributed by atoms with van der Waals surface area (Å²) < 4.78 is 0. The second-order valence-corrected chi connectivity index (χ2v) is 5.84. The van der Waals surface area contributed by atoms with E-state index in [1.54, 1.807) is 0 Å². The molecule has 0 aromatic carbocycles. The molecular formula is C13H20N4O3S. The first kappa shape index (κ1) is 15.7. The highest BCUT2D eigenvalue weighted by Gasteiger charge is 2.27. The van der Waals surface area contributed by atoms with Crippen LogP contribution >= 0.6 is 11.3 Å². The minimum Gasteiger partial charge on any atom is -0.476 e. The zero-order valence-corrected chi connectivity index (χ0v) is 12.8. The van der Waals surface area contributed by atoms with Crippen molar-refractivity contribution >= 4 is 23.3 Å². The van der Waals surface area contributed by atoms with E-state index in [4.69, 9.17) is 5.11 Å². The van der Waals surface area contributed by atoms with Crippen LogP contribution in [0.25, 0.3) is 0 Å². The number of aromatic nitrogens is 1. The number of aromatic carboxylic acids is 1. The number of nitrogens with one attached hydrogen (secondary N) is 2. The molecule has 116 valence electrons. The topological polar surface area (TPSA) is 94.6 Å². The average molecular weight is 312 g/mol. The maximum Gasteiger partial charge on any atom is 0.355 e. The Morgan fingerprint density at radius 1 is 1.48 bits per heavy atom. The Kier molecular flexibility index (Phi) is 5.51. The monoisotopic (exact) mass is 312 g/mol. The van der Waals surface area contributed by atoms with E-state index in [1.807, 2.05) is 0 Å². The summed E-state index contributed by atoms with van der Waals surface area (Å²) in [7, 11) is 0. The lowest BCUT2D eigenvalue weighted by molar-refractivity contribution is 0.0691. The molecule has 1 fully saturated rings. The number of carboxylic acid groups (broad SMARTS) is 1. The normalized spacial score (nSPS) is 14.2. The van der Waals surface area contributed by atoms with Crippen molar-refractivity contribution in [3.8, 4) is 0 Å². The third kappa shape index (κ3) is 4.98.